The van der Waals surface area contributed by atoms with Gasteiger partial charge in [-0.05, 0) is 25.9 Å². The first-order valence-electron chi connectivity index (χ1n) is 7.31. The van der Waals surface area contributed by atoms with Gasteiger partial charge in [-0.2, -0.15) is 0 Å². The Hall–Kier alpha value is -1.52. The molecule has 0 aromatic heterocycles. The van der Waals surface area contributed by atoms with Crippen LogP contribution in [-0.4, -0.2) is 49.7 Å². The van der Waals surface area contributed by atoms with E-state index in [4.69, 9.17) is 0 Å². The number of likely N-dealkylation sites (tertiary alicyclic amines) is 1. The molecular weight excluding hydrogens is 252 g/mol. The van der Waals surface area contributed by atoms with E-state index in [-0.39, 0.29) is 5.78 Å². The lowest BCUT2D eigenvalue weighted by atomic mass is 10.1. The molecule has 1 aromatic rings. The second-order valence-corrected chi connectivity index (χ2v) is 5.24. The molecule has 0 atom stereocenters. The summed E-state index contributed by atoms with van der Waals surface area (Å²) in [5.41, 5.74) is 1.25. The molecule has 0 bridgehead atoms. The molecule has 0 amide bonds. The first-order chi connectivity index (χ1) is 9.79. The molecule has 1 aromatic carbocycles. The number of hydrogen-bond acceptors (Lipinski definition) is 4. The molecule has 4 nitrogen and oxygen atoms in total. The monoisotopic (exact) mass is 274 g/mol. The SMILES string of the molecule is O=Cc1ccc(C(=O)CNCCN2CCCCC2)cc1. The summed E-state index contributed by atoms with van der Waals surface area (Å²) >= 11 is 0. The Bertz CT molecular complexity index is 436. The van der Waals surface area contributed by atoms with Crippen molar-refractivity contribution in [2.75, 3.05) is 32.7 Å². The minimum atomic E-state index is 0.0705. The Kier molecular flexibility index (Phi) is 5.89. The number of nitrogens with zero attached hydrogens (tertiary/aromatic N) is 1. The molecule has 0 saturated carbocycles. The second kappa shape index (κ2) is 7.92. The van der Waals surface area contributed by atoms with E-state index < -0.39 is 0 Å². The summed E-state index contributed by atoms with van der Waals surface area (Å²) in [5.74, 6) is 0.0705. The molecule has 0 unspecified atom stereocenters. The lowest BCUT2D eigenvalue weighted by Crippen LogP contribution is -2.37. The van der Waals surface area contributed by atoms with E-state index in [1.165, 1.54) is 32.4 Å². The Labute approximate surface area is 120 Å². The molecule has 1 aliphatic rings. The first kappa shape index (κ1) is 14.9. The maximum Gasteiger partial charge on any atom is 0.176 e. The third kappa shape index (κ3) is 4.54. The van der Waals surface area contributed by atoms with Crippen molar-refractivity contribution in [3.8, 4) is 0 Å². The van der Waals surface area contributed by atoms with Crippen LogP contribution >= 0.6 is 0 Å². The highest BCUT2D eigenvalue weighted by molar-refractivity contribution is 5.98. The topological polar surface area (TPSA) is 49.4 Å². The summed E-state index contributed by atoms with van der Waals surface area (Å²) in [6.07, 6.45) is 4.72. The van der Waals surface area contributed by atoms with Crippen LogP contribution in [0.5, 0.6) is 0 Å². The zero-order valence-electron chi connectivity index (χ0n) is 11.8. The minimum absolute atomic E-state index is 0.0705. The largest absolute Gasteiger partial charge is 0.308 e. The van der Waals surface area contributed by atoms with Gasteiger partial charge in [0.25, 0.3) is 0 Å². The average molecular weight is 274 g/mol. The van der Waals surface area contributed by atoms with Crippen molar-refractivity contribution in [1.29, 1.82) is 0 Å². The maximum atomic E-state index is 11.9. The summed E-state index contributed by atoms with van der Waals surface area (Å²) in [5, 5.41) is 3.20. The lowest BCUT2D eigenvalue weighted by molar-refractivity contribution is 0.0988. The molecule has 1 N–H and O–H groups in total. The number of piperidine rings is 1. The number of carbonyl (C=O) groups excluding carboxylic acids is 2. The van der Waals surface area contributed by atoms with Crippen LogP contribution in [0.4, 0.5) is 0 Å². The molecule has 1 heterocycles. The third-order valence-electron chi connectivity index (χ3n) is 3.71. The van der Waals surface area contributed by atoms with E-state index in [1.54, 1.807) is 24.3 Å². The molecule has 0 radical (unpaired) electrons. The zero-order valence-corrected chi connectivity index (χ0v) is 11.8. The quantitative estimate of drug-likeness (QED) is 0.467. The van der Waals surface area contributed by atoms with Crippen LogP contribution in [0.25, 0.3) is 0 Å². The highest BCUT2D eigenvalue weighted by Gasteiger charge is 2.09. The van der Waals surface area contributed by atoms with Crippen LogP contribution in [0, 0.1) is 0 Å². The highest BCUT2D eigenvalue weighted by atomic mass is 16.1. The number of hydrogen-bond donors (Lipinski definition) is 1. The predicted octanol–water partition coefficient (Wildman–Crippen LogP) is 1.76. The molecule has 1 fully saturated rings. The van der Waals surface area contributed by atoms with Crippen LogP contribution in [-0.2, 0) is 0 Å². The third-order valence-corrected chi connectivity index (χ3v) is 3.71. The van der Waals surface area contributed by atoms with Gasteiger partial charge in [-0.25, -0.2) is 0 Å². The Morgan fingerprint density at radius 2 is 1.85 bits per heavy atom. The van der Waals surface area contributed by atoms with Gasteiger partial charge >= 0.3 is 0 Å². The van der Waals surface area contributed by atoms with Crippen molar-refractivity contribution in [2.45, 2.75) is 19.3 Å². The van der Waals surface area contributed by atoms with Crippen LogP contribution < -0.4 is 5.32 Å². The minimum Gasteiger partial charge on any atom is -0.308 e. The number of rotatable bonds is 7. The van der Waals surface area contributed by atoms with Crippen molar-refractivity contribution in [3.63, 3.8) is 0 Å². The van der Waals surface area contributed by atoms with Gasteiger partial charge in [0.15, 0.2) is 5.78 Å². The number of nitrogens with one attached hydrogen (secondary N) is 1. The lowest BCUT2D eigenvalue weighted by Gasteiger charge is -2.26. The van der Waals surface area contributed by atoms with Crippen molar-refractivity contribution in [2.24, 2.45) is 0 Å². The van der Waals surface area contributed by atoms with Crippen LogP contribution in [0.3, 0.4) is 0 Å². The van der Waals surface area contributed by atoms with E-state index in [1.807, 2.05) is 0 Å². The molecular formula is C16H22N2O2. The van der Waals surface area contributed by atoms with Crippen molar-refractivity contribution >= 4 is 12.1 Å². The van der Waals surface area contributed by atoms with Crippen LogP contribution in [0.15, 0.2) is 24.3 Å². The predicted molar refractivity (Wildman–Crippen MR) is 79.3 cm³/mol. The van der Waals surface area contributed by atoms with Gasteiger partial charge in [0.1, 0.15) is 6.29 Å². The Morgan fingerprint density at radius 3 is 2.50 bits per heavy atom. The van der Waals surface area contributed by atoms with E-state index in [0.717, 1.165) is 19.4 Å². The normalized spacial score (nSPS) is 16.0. The fourth-order valence-electron chi connectivity index (χ4n) is 2.47. The molecule has 108 valence electrons. The van der Waals surface area contributed by atoms with Gasteiger partial charge in [0, 0.05) is 24.2 Å². The Morgan fingerprint density at radius 1 is 1.15 bits per heavy atom. The van der Waals surface area contributed by atoms with E-state index in [9.17, 15) is 9.59 Å². The number of ketones is 1. The average Bonchev–Trinajstić information content (AvgIpc) is 2.52. The molecule has 0 aliphatic carbocycles. The van der Waals surface area contributed by atoms with Crippen LogP contribution in [0.2, 0.25) is 0 Å². The van der Waals surface area contributed by atoms with Gasteiger partial charge in [-0.15, -0.1) is 0 Å². The second-order valence-electron chi connectivity index (χ2n) is 5.24. The van der Waals surface area contributed by atoms with E-state index in [2.05, 4.69) is 10.2 Å². The number of Topliss-reactive ketones (excluding diaryl/α,β-unsaturated/α-hetero) is 1. The maximum absolute atomic E-state index is 11.9. The molecule has 1 saturated heterocycles. The van der Waals surface area contributed by atoms with Gasteiger partial charge in [-0.1, -0.05) is 30.7 Å². The van der Waals surface area contributed by atoms with E-state index in [0.29, 0.717) is 17.7 Å². The fourth-order valence-corrected chi connectivity index (χ4v) is 2.47. The van der Waals surface area contributed by atoms with Crippen molar-refractivity contribution < 1.29 is 9.59 Å². The zero-order chi connectivity index (χ0) is 14.2. The van der Waals surface area contributed by atoms with E-state index >= 15 is 0 Å². The Balaban J connectivity index is 1.67. The first-order valence-corrected chi connectivity index (χ1v) is 7.31. The molecule has 20 heavy (non-hydrogen) atoms. The summed E-state index contributed by atoms with van der Waals surface area (Å²) in [6.45, 7) is 4.58. The fraction of sp³-hybridized carbons (Fsp3) is 0.500. The van der Waals surface area contributed by atoms with Crippen LogP contribution in [0.1, 0.15) is 40.0 Å². The van der Waals surface area contributed by atoms with Gasteiger partial charge in [0.2, 0.25) is 0 Å². The van der Waals surface area contributed by atoms with Crippen molar-refractivity contribution in [3.05, 3.63) is 35.4 Å². The van der Waals surface area contributed by atoms with Gasteiger partial charge < -0.3 is 10.2 Å². The highest BCUT2D eigenvalue weighted by Crippen LogP contribution is 2.07. The molecule has 0 spiro atoms. The molecule has 4 heteroatoms. The summed E-state index contributed by atoms with van der Waals surface area (Å²) < 4.78 is 0. The van der Waals surface area contributed by atoms with Crippen molar-refractivity contribution in [1.82, 2.24) is 10.2 Å². The summed E-state index contributed by atoms with van der Waals surface area (Å²) in [7, 11) is 0. The number of carbonyl (C=O) groups is 2. The number of aldehydes is 1. The molecule has 2 rings (SSSR count). The summed E-state index contributed by atoms with van der Waals surface area (Å²) in [4.78, 5) is 24.9. The smallest absolute Gasteiger partial charge is 0.176 e. The van der Waals surface area contributed by atoms with Gasteiger partial charge in [-0.3, -0.25) is 9.59 Å². The summed E-state index contributed by atoms with van der Waals surface area (Å²) in [6, 6.07) is 6.76. The standard InChI is InChI=1S/C16H22N2O2/c19-13-14-4-6-15(7-5-14)16(20)12-17-8-11-18-9-2-1-3-10-18/h4-7,13,17H,1-3,8-12H2. The number of benzene rings is 1. The van der Waals surface area contributed by atoms with Gasteiger partial charge in [0.05, 0.1) is 6.54 Å². The molecule has 1 aliphatic heterocycles.